The van der Waals surface area contributed by atoms with E-state index in [9.17, 15) is 4.79 Å². The maximum Gasteiger partial charge on any atom is 0.150 e. The maximum absolute atomic E-state index is 10.6. The van der Waals surface area contributed by atoms with Crippen molar-refractivity contribution in [3.8, 4) is 11.1 Å². The van der Waals surface area contributed by atoms with E-state index < -0.39 is 0 Å². The molecule has 3 nitrogen and oxygen atoms in total. The van der Waals surface area contributed by atoms with Crippen molar-refractivity contribution in [2.24, 2.45) is 0 Å². The topological polar surface area (TPSA) is 34.9 Å². The molecule has 3 heteroatoms. The summed E-state index contributed by atoms with van der Waals surface area (Å²) in [5.41, 5.74) is 3.93. The SMILES string of the molecule is Cc1nn(C(C)C)cc1-c1ccc(C=O)cc1. The predicted octanol–water partition coefficient (Wildman–Crippen LogP) is 3.25. The molecule has 0 radical (unpaired) electrons. The third-order valence-corrected chi connectivity index (χ3v) is 2.80. The van der Waals surface area contributed by atoms with Crippen molar-refractivity contribution < 1.29 is 4.79 Å². The lowest BCUT2D eigenvalue weighted by Crippen LogP contribution is -2.00. The van der Waals surface area contributed by atoms with Crippen LogP contribution in [0.3, 0.4) is 0 Å². The highest BCUT2D eigenvalue weighted by Gasteiger charge is 2.08. The van der Waals surface area contributed by atoms with E-state index in [-0.39, 0.29) is 0 Å². The molecule has 0 saturated carbocycles. The number of rotatable bonds is 3. The number of carbonyl (C=O) groups is 1. The van der Waals surface area contributed by atoms with Crippen LogP contribution in [-0.2, 0) is 0 Å². The second-order valence-electron chi connectivity index (χ2n) is 4.44. The molecule has 88 valence electrons. The predicted molar refractivity (Wildman–Crippen MR) is 68.2 cm³/mol. The molecule has 1 aromatic carbocycles. The molecule has 0 N–H and O–H groups in total. The third kappa shape index (κ3) is 2.28. The van der Waals surface area contributed by atoms with Gasteiger partial charge >= 0.3 is 0 Å². The third-order valence-electron chi connectivity index (χ3n) is 2.80. The molecule has 0 bridgehead atoms. The first kappa shape index (κ1) is 11.6. The van der Waals surface area contributed by atoms with Gasteiger partial charge in [0.2, 0.25) is 0 Å². The van der Waals surface area contributed by atoms with Crippen molar-refractivity contribution in [3.05, 3.63) is 41.7 Å². The van der Waals surface area contributed by atoms with Crippen LogP contribution >= 0.6 is 0 Å². The van der Waals surface area contributed by atoms with Gasteiger partial charge < -0.3 is 0 Å². The molecule has 0 saturated heterocycles. The maximum atomic E-state index is 10.6. The lowest BCUT2D eigenvalue weighted by Gasteiger charge is -2.03. The van der Waals surface area contributed by atoms with Crippen molar-refractivity contribution >= 4 is 6.29 Å². The summed E-state index contributed by atoms with van der Waals surface area (Å²) in [5.74, 6) is 0. The zero-order chi connectivity index (χ0) is 12.4. The van der Waals surface area contributed by atoms with Gasteiger partial charge in [0.1, 0.15) is 6.29 Å². The highest BCUT2D eigenvalue weighted by molar-refractivity contribution is 5.77. The van der Waals surface area contributed by atoms with E-state index in [2.05, 4.69) is 25.1 Å². The molecule has 0 fully saturated rings. The summed E-state index contributed by atoms with van der Waals surface area (Å²) in [4.78, 5) is 10.6. The Morgan fingerprint density at radius 2 is 1.88 bits per heavy atom. The summed E-state index contributed by atoms with van der Waals surface area (Å²) < 4.78 is 1.96. The Balaban J connectivity index is 2.41. The number of aldehydes is 1. The van der Waals surface area contributed by atoms with E-state index in [1.54, 1.807) is 0 Å². The van der Waals surface area contributed by atoms with Crippen molar-refractivity contribution in [2.45, 2.75) is 26.8 Å². The first-order chi connectivity index (χ1) is 8.11. The summed E-state index contributed by atoms with van der Waals surface area (Å²) in [6, 6.07) is 7.93. The quantitative estimate of drug-likeness (QED) is 0.756. The van der Waals surface area contributed by atoms with E-state index >= 15 is 0 Å². The number of aryl methyl sites for hydroxylation is 1. The molecule has 1 aromatic heterocycles. The van der Waals surface area contributed by atoms with E-state index in [1.807, 2.05) is 35.9 Å². The van der Waals surface area contributed by atoms with E-state index in [0.717, 1.165) is 23.1 Å². The minimum absolute atomic E-state index is 0.358. The highest BCUT2D eigenvalue weighted by atomic mass is 16.1. The minimum Gasteiger partial charge on any atom is -0.298 e. The van der Waals surface area contributed by atoms with Gasteiger partial charge in [-0.1, -0.05) is 24.3 Å². The number of hydrogen-bond acceptors (Lipinski definition) is 2. The monoisotopic (exact) mass is 228 g/mol. The average Bonchev–Trinajstić information content (AvgIpc) is 2.72. The molecule has 0 aliphatic rings. The van der Waals surface area contributed by atoms with Crippen LogP contribution < -0.4 is 0 Å². The first-order valence-corrected chi connectivity index (χ1v) is 5.73. The Morgan fingerprint density at radius 3 is 2.35 bits per heavy atom. The summed E-state index contributed by atoms with van der Waals surface area (Å²) in [6.07, 6.45) is 2.91. The second kappa shape index (κ2) is 4.53. The summed E-state index contributed by atoms with van der Waals surface area (Å²) in [7, 11) is 0. The van der Waals surface area contributed by atoms with Gasteiger partial charge in [0.15, 0.2) is 0 Å². The number of benzene rings is 1. The normalized spacial score (nSPS) is 10.8. The van der Waals surface area contributed by atoms with Gasteiger partial charge in [-0.15, -0.1) is 0 Å². The van der Waals surface area contributed by atoms with Gasteiger partial charge in [-0.3, -0.25) is 9.48 Å². The summed E-state index contributed by atoms with van der Waals surface area (Å²) >= 11 is 0. The van der Waals surface area contributed by atoms with Crippen molar-refractivity contribution in [2.75, 3.05) is 0 Å². The van der Waals surface area contributed by atoms with Gasteiger partial charge in [0.25, 0.3) is 0 Å². The standard InChI is InChI=1S/C14H16N2O/c1-10(2)16-8-14(11(3)15-16)13-6-4-12(9-17)5-7-13/h4-10H,1-3H3. The Hall–Kier alpha value is -1.90. The van der Waals surface area contributed by atoms with Gasteiger partial charge in [0.05, 0.1) is 5.69 Å². The number of aromatic nitrogens is 2. The molecule has 0 spiro atoms. The second-order valence-corrected chi connectivity index (χ2v) is 4.44. The van der Waals surface area contributed by atoms with Crippen LogP contribution in [0.1, 0.15) is 35.9 Å². The molecule has 0 aliphatic carbocycles. The smallest absolute Gasteiger partial charge is 0.150 e. The molecular weight excluding hydrogens is 212 g/mol. The zero-order valence-corrected chi connectivity index (χ0v) is 10.3. The van der Waals surface area contributed by atoms with Crippen LogP contribution in [-0.4, -0.2) is 16.1 Å². The molecule has 2 aromatic rings. The van der Waals surface area contributed by atoms with Crippen molar-refractivity contribution in [1.82, 2.24) is 9.78 Å². The average molecular weight is 228 g/mol. The fraction of sp³-hybridized carbons (Fsp3) is 0.286. The minimum atomic E-state index is 0.358. The molecule has 0 aliphatic heterocycles. The molecule has 17 heavy (non-hydrogen) atoms. The molecule has 1 heterocycles. The fourth-order valence-corrected chi connectivity index (χ4v) is 1.77. The van der Waals surface area contributed by atoms with Gasteiger partial charge in [-0.2, -0.15) is 5.10 Å². The Kier molecular flexibility index (Phi) is 3.09. The van der Waals surface area contributed by atoms with Crippen LogP contribution in [0.15, 0.2) is 30.5 Å². The number of nitrogens with zero attached hydrogens (tertiary/aromatic N) is 2. The summed E-state index contributed by atoms with van der Waals surface area (Å²) in [5, 5.41) is 4.48. The Morgan fingerprint density at radius 1 is 1.24 bits per heavy atom. The van der Waals surface area contributed by atoms with Crippen LogP contribution in [0.2, 0.25) is 0 Å². The van der Waals surface area contributed by atoms with Gasteiger partial charge in [-0.05, 0) is 26.3 Å². The van der Waals surface area contributed by atoms with E-state index in [1.165, 1.54) is 0 Å². The lowest BCUT2D eigenvalue weighted by atomic mass is 10.1. The first-order valence-electron chi connectivity index (χ1n) is 5.73. The zero-order valence-electron chi connectivity index (χ0n) is 10.3. The fourth-order valence-electron chi connectivity index (χ4n) is 1.77. The van der Waals surface area contributed by atoms with Gasteiger partial charge in [0, 0.05) is 23.4 Å². The van der Waals surface area contributed by atoms with Crippen LogP contribution in [0.4, 0.5) is 0 Å². The molecule has 0 atom stereocenters. The van der Waals surface area contributed by atoms with Crippen molar-refractivity contribution in [3.63, 3.8) is 0 Å². The Bertz CT molecular complexity index is 524. The van der Waals surface area contributed by atoms with E-state index in [0.29, 0.717) is 11.6 Å². The lowest BCUT2D eigenvalue weighted by molar-refractivity contribution is 0.112. The number of hydrogen-bond donors (Lipinski definition) is 0. The molecular formula is C14H16N2O. The molecule has 2 rings (SSSR count). The van der Waals surface area contributed by atoms with Crippen molar-refractivity contribution in [1.29, 1.82) is 0 Å². The molecule has 0 unspecified atom stereocenters. The van der Waals surface area contributed by atoms with Crippen LogP contribution in [0.5, 0.6) is 0 Å². The summed E-state index contributed by atoms with van der Waals surface area (Å²) in [6.45, 7) is 6.21. The molecule has 0 amide bonds. The number of carbonyl (C=O) groups excluding carboxylic acids is 1. The van der Waals surface area contributed by atoms with Gasteiger partial charge in [-0.25, -0.2) is 0 Å². The van der Waals surface area contributed by atoms with Crippen LogP contribution in [0.25, 0.3) is 11.1 Å². The Labute approximate surface area is 101 Å². The van der Waals surface area contributed by atoms with Crippen LogP contribution in [0, 0.1) is 6.92 Å². The van der Waals surface area contributed by atoms with E-state index in [4.69, 9.17) is 0 Å². The largest absolute Gasteiger partial charge is 0.298 e. The highest BCUT2D eigenvalue weighted by Crippen LogP contribution is 2.23.